The van der Waals surface area contributed by atoms with Crippen LogP contribution in [0, 0.1) is 5.92 Å². The maximum Gasteiger partial charge on any atom is 0.237 e. The molecule has 4 rings (SSSR count). The zero-order chi connectivity index (χ0) is 15.1. The van der Waals surface area contributed by atoms with Crippen molar-refractivity contribution in [3.63, 3.8) is 0 Å². The van der Waals surface area contributed by atoms with E-state index in [9.17, 15) is 9.59 Å². The third kappa shape index (κ3) is 2.14. The van der Waals surface area contributed by atoms with Crippen molar-refractivity contribution in [3.05, 3.63) is 34.8 Å². The molecule has 0 saturated carbocycles. The number of carbonyl (C=O) groups is 2. The summed E-state index contributed by atoms with van der Waals surface area (Å²) >= 11 is 1.50. The molecule has 3 heterocycles. The third-order valence-electron chi connectivity index (χ3n) is 3.76. The van der Waals surface area contributed by atoms with Crippen LogP contribution in [-0.2, 0) is 16.0 Å². The molecule has 7 heteroatoms. The van der Waals surface area contributed by atoms with E-state index in [1.54, 1.807) is 24.4 Å². The summed E-state index contributed by atoms with van der Waals surface area (Å²) in [6.45, 7) is 0.160. The molecule has 22 heavy (non-hydrogen) atoms. The number of benzene rings is 1. The number of anilines is 1. The van der Waals surface area contributed by atoms with Crippen LogP contribution in [0.2, 0.25) is 0 Å². The van der Waals surface area contributed by atoms with Crippen molar-refractivity contribution in [2.45, 2.75) is 12.8 Å². The van der Waals surface area contributed by atoms with E-state index in [2.05, 4.69) is 4.98 Å². The van der Waals surface area contributed by atoms with E-state index in [1.807, 2.05) is 5.38 Å². The SMILES string of the molecule is O=C1CC(Cc2nccs2)C(=O)N1c1ccc2c(c1)OCO2. The van der Waals surface area contributed by atoms with E-state index in [0.717, 1.165) is 5.01 Å². The van der Waals surface area contributed by atoms with Crippen molar-refractivity contribution in [2.24, 2.45) is 5.92 Å². The van der Waals surface area contributed by atoms with Crippen LogP contribution in [0.1, 0.15) is 11.4 Å². The van der Waals surface area contributed by atoms with Gasteiger partial charge in [-0.25, -0.2) is 4.98 Å². The second kappa shape index (κ2) is 5.10. The fourth-order valence-corrected chi connectivity index (χ4v) is 3.41. The van der Waals surface area contributed by atoms with Gasteiger partial charge in [0, 0.05) is 30.5 Å². The first-order chi connectivity index (χ1) is 10.7. The second-order valence-electron chi connectivity index (χ2n) is 5.14. The minimum atomic E-state index is -0.343. The van der Waals surface area contributed by atoms with Gasteiger partial charge < -0.3 is 9.47 Å². The zero-order valence-electron chi connectivity index (χ0n) is 11.5. The Balaban J connectivity index is 1.59. The third-order valence-corrected chi connectivity index (χ3v) is 4.56. The maximum absolute atomic E-state index is 12.6. The van der Waals surface area contributed by atoms with Crippen LogP contribution in [0.3, 0.4) is 0 Å². The standard InChI is InChI=1S/C15H12N2O4S/c18-14-6-9(5-13-16-3-4-22-13)15(19)17(14)10-1-2-11-12(7-10)21-8-20-11/h1-4,7,9H,5-6,8H2. The highest BCUT2D eigenvalue weighted by Gasteiger charge is 2.40. The molecule has 0 radical (unpaired) electrons. The molecule has 1 unspecified atom stereocenters. The molecule has 2 aliphatic heterocycles. The number of carbonyl (C=O) groups excluding carboxylic acids is 2. The molecule has 1 fully saturated rings. The maximum atomic E-state index is 12.6. The molecule has 112 valence electrons. The Kier molecular flexibility index (Phi) is 3.07. The average Bonchev–Trinajstić information content (AvgIpc) is 3.21. The predicted octanol–water partition coefficient (Wildman–Crippen LogP) is 1.99. The number of fused-ring (bicyclic) bond motifs is 1. The average molecular weight is 316 g/mol. The largest absolute Gasteiger partial charge is 0.454 e. The van der Waals surface area contributed by atoms with Gasteiger partial charge in [0.05, 0.1) is 16.6 Å². The summed E-state index contributed by atoms with van der Waals surface area (Å²) in [4.78, 5) is 30.2. The van der Waals surface area contributed by atoms with E-state index in [0.29, 0.717) is 23.6 Å². The van der Waals surface area contributed by atoms with Crippen molar-refractivity contribution in [1.82, 2.24) is 4.98 Å². The normalized spacial score (nSPS) is 20.0. The highest BCUT2D eigenvalue weighted by Crippen LogP contribution is 2.37. The number of hydrogen-bond acceptors (Lipinski definition) is 6. The van der Waals surface area contributed by atoms with Crippen LogP contribution in [-0.4, -0.2) is 23.6 Å². The molecule has 0 N–H and O–H groups in total. The summed E-state index contributed by atoms with van der Waals surface area (Å²) in [6.07, 6.45) is 2.42. The number of aromatic nitrogens is 1. The number of thiazole rings is 1. The molecule has 1 aromatic carbocycles. The highest BCUT2D eigenvalue weighted by molar-refractivity contribution is 7.09. The first kappa shape index (κ1) is 13.3. The van der Waals surface area contributed by atoms with E-state index >= 15 is 0 Å². The van der Waals surface area contributed by atoms with Crippen LogP contribution in [0.5, 0.6) is 11.5 Å². The molecule has 2 aliphatic rings. The number of imide groups is 1. The molecule has 2 aromatic rings. The Morgan fingerprint density at radius 3 is 2.95 bits per heavy atom. The van der Waals surface area contributed by atoms with Crippen LogP contribution >= 0.6 is 11.3 Å². The van der Waals surface area contributed by atoms with Gasteiger partial charge in [-0.15, -0.1) is 11.3 Å². The summed E-state index contributed by atoms with van der Waals surface area (Å²) in [5, 5.41) is 2.74. The molecule has 0 aliphatic carbocycles. The van der Waals surface area contributed by atoms with E-state index in [4.69, 9.17) is 9.47 Å². The Labute approximate surface area is 130 Å². The number of hydrogen-bond donors (Lipinski definition) is 0. The number of nitrogens with zero attached hydrogens (tertiary/aromatic N) is 2. The van der Waals surface area contributed by atoms with Gasteiger partial charge in [-0.05, 0) is 12.1 Å². The highest BCUT2D eigenvalue weighted by atomic mass is 32.1. The molecule has 2 amide bonds. The van der Waals surface area contributed by atoms with Crippen molar-refractivity contribution in [3.8, 4) is 11.5 Å². The van der Waals surface area contributed by atoms with Gasteiger partial charge in [-0.1, -0.05) is 0 Å². The first-order valence-electron chi connectivity index (χ1n) is 6.87. The smallest absolute Gasteiger partial charge is 0.237 e. The molecular weight excluding hydrogens is 304 g/mol. The summed E-state index contributed by atoms with van der Waals surface area (Å²) < 4.78 is 10.5. The lowest BCUT2D eigenvalue weighted by Crippen LogP contribution is -2.30. The molecule has 1 saturated heterocycles. The van der Waals surface area contributed by atoms with Gasteiger partial charge in [-0.3, -0.25) is 14.5 Å². The first-order valence-corrected chi connectivity index (χ1v) is 7.75. The summed E-state index contributed by atoms with van der Waals surface area (Å²) in [5.74, 6) is 0.470. The molecule has 6 nitrogen and oxygen atoms in total. The number of rotatable bonds is 3. The topological polar surface area (TPSA) is 68.7 Å². The summed E-state index contributed by atoms with van der Waals surface area (Å²) in [7, 11) is 0. The van der Waals surface area contributed by atoms with Gasteiger partial charge in [0.2, 0.25) is 18.6 Å². The Morgan fingerprint density at radius 1 is 1.27 bits per heavy atom. The number of amides is 2. The lowest BCUT2D eigenvalue weighted by atomic mass is 10.0. The second-order valence-corrected chi connectivity index (χ2v) is 6.12. The summed E-state index contributed by atoms with van der Waals surface area (Å²) in [5.41, 5.74) is 0.529. The van der Waals surface area contributed by atoms with Crippen molar-refractivity contribution in [1.29, 1.82) is 0 Å². The van der Waals surface area contributed by atoms with Gasteiger partial charge in [0.25, 0.3) is 0 Å². The monoisotopic (exact) mass is 316 g/mol. The molecule has 0 spiro atoms. The predicted molar refractivity (Wildman–Crippen MR) is 79.0 cm³/mol. The van der Waals surface area contributed by atoms with Crippen LogP contribution in [0.4, 0.5) is 5.69 Å². The Bertz CT molecular complexity index is 744. The van der Waals surface area contributed by atoms with Crippen molar-refractivity contribution >= 4 is 28.8 Å². The van der Waals surface area contributed by atoms with Gasteiger partial charge in [0.1, 0.15) is 0 Å². The lowest BCUT2D eigenvalue weighted by Gasteiger charge is -2.15. The molecular formula is C15H12N2O4S. The van der Waals surface area contributed by atoms with Crippen LogP contribution < -0.4 is 14.4 Å². The van der Waals surface area contributed by atoms with Crippen LogP contribution in [0.15, 0.2) is 29.8 Å². The quantitative estimate of drug-likeness (QED) is 0.810. The van der Waals surface area contributed by atoms with Crippen LogP contribution in [0.25, 0.3) is 0 Å². The number of ether oxygens (including phenoxy) is 2. The van der Waals surface area contributed by atoms with E-state index in [1.165, 1.54) is 16.2 Å². The molecule has 1 atom stereocenters. The zero-order valence-corrected chi connectivity index (χ0v) is 12.3. The fourth-order valence-electron chi connectivity index (χ4n) is 2.71. The molecule has 1 aromatic heterocycles. The minimum Gasteiger partial charge on any atom is -0.454 e. The van der Waals surface area contributed by atoms with Gasteiger partial charge in [-0.2, -0.15) is 0 Å². The van der Waals surface area contributed by atoms with E-state index in [-0.39, 0.29) is 30.9 Å². The van der Waals surface area contributed by atoms with Gasteiger partial charge >= 0.3 is 0 Å². The van der Waals surface area contributed by atoms with Crippen molar-refractivity contribution in [2.75, 3.05) is 11.7 Å². The van der Waals surface area contributed by atoms with E-state index < -0.39 is 0 Å². The van der Waals surface area contributed by atoms with Crippen molar-refractivity contribution < 1.29 is 19.1 Å². The minimum absolute atomic E-state index is 0.160. The Hall–Kier alpha value is -2.41. The summed E-state index contributed by atoms with van der Waals surface area (Å²) in [6, 6.07) is 5.09. The Morgan fingerprint density at radius 2 is 2.14 bits per heavy atom. The lowest BCUT2D eigenvalue weighted by molar-refractivity contribution is -0.122. The fraction of sp³-hybridized carbons (Fsp3) is 0.267. The molecule has 0 bridgehead atoms. The van der Waals surface area contributed by atoms with Gasteiger partial charge in [0.15, 0.2) is 11.5 Å².